The van der Waals surface area contributed by atoms with Crippen LogP contribution in [0.1, 0.15) is 16.7 Å². The first-order chi connectivity index (χ1) is 14.3. The van der Waals surface area contributed by atoms with E-state index in [1.54, 1.807) is 24.3 Å². The number of imide groups is 1. The molecule has 1 saturated heterocycles. The number of carbonyl (C=O) groups excluding carboxylic acids is 3. The number of carbonyl (C=O) groups is 3. The van der Waals surface area contributed by atoms with Crippen LogP contribution in [-0.4, -0.2) is 42.7 Å². The lowest BCUT2D eigenvalue weighted by Crippen LogP contribution is -2.36. The molecule has 1 heterocycles. The van der Waals surface area contributed by atoms with Crippen LogP contribution in [0.2, 0.25) is 0 Å². The molecule has 0 saturated carbocycles. The molecule has 2 aromatic carbocycles. The summed E-state index contributed by atoms with van der Waals surface area (Å²) >= 11 is 0.801. The van der Waals surface area contributed by atoms with E-state index in [2.05, 4.69) is 5.32 Å². The molecule has 1 aliphatic heterocycles. The van der Waals surface area contributed by atoms with Gasteiger partial charge in [0, 0.05) is 5.69 Å². The molecule has 156 valence electrons. The Hall–Kier alpha value is -3.26. The summed E-state index contributed by atoms with van der Waals surface area (Å²) in [6.45, 7) is 3.42. The van der Waals surface area contributed by atoms with Crippen LogP contribution in [0.4, 0.5) is 10.5 Å². The SMILES string of the molecule is COc1ccc(/C=C2/SC(=O)N(CC(=O)Nc3c(C)cccc3C)C2=O)cc1OC. The molecule has 0 atom stereocenters. The van der Waals surface area contributed by atoms with Gasteiger partial charge in [-0.2, -0.15) is 0 Å². The lowest BCUT2D eigenvalue weighted by molar-refractivity contribution is -0.127. The van der Waals surface area contributed by atoms with Crippen LogP contribution >= 0.6 is 11.8 Å². The van der Waals surface area contributed by atoms with Crippen molar-refractivity contribution >= 4 is 40.6 Å². The molecule has 0 unspecified atom stereocenters. The van der Waals surface area contributed by atoms with E-state index in [4.69, 9.17) is 9.47 Å². The van der Waals surface area contributed by atoms with Crippen LogP contribution in [0.5, 0.6) is 11.5 Å². The van der Waals surface area contributed by atoms with Gasteiger partial charge in [-0.25, -0.2) is 0 Å². The summed E-state index contributed by atoms with van der Waals surface area (Å²) in [7, 11) is 3.05. The first-order valence-corrected chi connectivity index (χ1v) is 9.99. The van der Waals surface area contributed by atoms with E-state index >= 15 is 0 Å². The van der Waals surface area contributed by atoms with E-state index in [9.17, 15) is 14.4 Å². The van der Waals surface area contributed by atoms with Crippen LogP contribution < -0.4 is 14.8 Å². The molecule has 2 aromatic rings. The summed E-state index contributed by atoms with van der Waals surface area (Å²) in [4.78, 5) is 38.7. The van der Waals surface area contributed by atoms with Gasteiger partial charge in [-0.1, -0.05) is 24.3 Å². The van der Waals surface area contributed by atoms with Gasteiger partial charge in [0.15, 0.2) is 11.5 Å². The molecular weight excluding hydrogens is 404 g/mol. The van der Waals surface area contributed by atoms with E-state index < -0.39 is 17.1 Å². The molecule has 0 radical (unpaired) electrons. The molecule has 0 spiro atoms. The van der Waals surface area contributed by atoms with Gasteiger partial charge in [-0.3, -0.25) is 19.3 Å². The Bertz CT molecular complexity index is 1030. The number of methoxy groups -OCH3 is 2. The van der Waals surface area contributed by atoms with Crippen LogP contribution in [0, 0.1) is 13.8 Å². The van der Waals surface area contributed by atoms with Crippen molar-refractivity contribution < 1.29 is 23.9 Å². The fraction of sp³-hybridized carbons (Fsp3) is 0.227. The van der Waals surface area contributed by atoms with E-state index in [0.717, 1.165) is 27.8 Å². The normalized spacial score (nSPS) is 14.9. The Morgan fingerprint density at radius 1 is 1.07 bits per heavy atom. The molecule has 3 amide bonds. The van der Waals surface area contributed by atoms with Gasteiger partial charge in [0.25, 0.3) is 11.1 Å². The fourth-order valence-corrected chi connectivity index (χ4v) is 3.90. The number of para-hydroxylation sites is 1. The monoisotopic (exact) mass is 426 g/mol. The van der Waals surface area contributed by atoms with Gasteiger partial charge in [0.1, 0.15) is 6.54 Å². The Morgan fingerprint density at radius 3 is 2.37 bits per heavy atom. The number of hydrogen-bond donors (Lipinski definition) is 1. The van der Waals surface area contributed by atoms with E-state index in [0.29, 0.717) is 22.7 Å². The number of nitrogens with one attached hydrogen (secondary N) is 1. The van der Waals surface area contributed by atoms with Gasteiger partial charge in [-0.15, -0.1) is 0 Å². The molecule has 1 fully saturated rings. The highest BCUT2D eigenvalue weighted by atomic mass is 32.2. The number of ether oxygens (including phenoxy) is 2. The van der Waals surface area contributed by atoms with Crippen LogP contribution in [0.3, 0.4) is 0 Å². The molecule has 0 aliphatic carbocycles. The number of rotatable bonds is 6. The highest BCUT2D eigenvalue weighted by molar-refractivity contribution is 8.18. The first-order valence-electron chi connectivity index (χ1n) is 9.17. The first kappa shape index (κ1) is 21.4. The average Bonchev–Trinajstić information content (AvgIpc) is 2.98. The largest absolute Gasteiger partial charge is 0.493 e. The molecule has 0 aromatic heterocycles. The lowest BCUT2D eigenvalue weighted by Gasteiger charge is -2.15. The second kappa shape index (κ2) is 9.04. The van der Waals surface area contributed by atoms with Gasteiger partial charge in [-0.05, 0) is 60.5 Å². The van der Waals surface area contributed by atoms with Crippen molar-refractivity contribution in [3.63, 3.8) is 0 Å². The number of hydrogen-bond acceptors (Lipinski definition) is 6. The quantitative estimate of drug-likeness (QED) is 0.703. The van der Waals surface area contributed by atoms with Crippen molar-refractivity contribution in [2.75, 3.05) is 26.1 Å². The lowest BCUT2D eigenvalue weighted by atomic mass is 10.1. The number of thioether (sulfide) groups is 1. The number of benzene rings is 2. The second-order valence-corrected chi connectivity index (χ2v) is 7.69. The summed E-state index contributed by atoms with van der Waals surface area (Å²) in [5.41, 5.74) is 3.19. The van der Waals surface area contributed by atoms with Crippen molar-refractivity contribution in [2.24, 2.45) is 0 Å². The maximum absolute atomic E-state index is 12.7. The average molecular weight is 426 g/mol. The molecular formula is C22H22N2O5S. The molecule has 1 N–H and O–H groups in total. The van der Waals surface area contributed by atoms with Gasteiger partial charge >= 0.3 is 0 Å². The van der Waals surface area contributed by atoms with Crippen molar-refractivity contribution in [3.05, 3.63) is 58.0 Å². The predicted molar refractivity (Wildman–Crippen MR) is 117 cm³/mol. The zero-order valence-corrected chi connectivity index (χ0v) is 18.0. The van der Waals surface area contributed by atoms with E-state index in [1.165, 1.54) is 14.2 Å². The van der Waals surface area contributed by atoms with Crippen LogP contribution in [0.25, 0.3) is 6.08 Å². The van der Waals surface area contributed by atoms with Crippen LogP contribution in [0.15, 0.2) is 41.3 Å². The standard InChI is InChI=1S/C22H22N2O5S/c1-13-6-5-7-14(2)20(13)23-19(25)12-24-21(26)18(30-22(24)27)11-15-8-9-16(28-3)17(10-15)29-4/h5-11H,12H2,1-4H3,(H,23,25)/b18-11+. The molecule has 8 heteroatoms. The number of nitrogens with zero attached hydrogens (tertiary/aromatic N) is 1. The van der Waals surface area contributed by atoms with E-state index in [-0.39, 0.29) is 11.4 Å². The minimum absolute atomic E-state index is 0.243. The van der Waals surface area contributed by atoms with Crippen LogP contribution in [-0.2, 0) is 9.59 Å². The van der Waals surface area contributed by atoms with Gasteiger partial charge in [0.05, 0.1) is 19.1 Å². The highest BCUT2D eigenvalue weighted by Gasteiger charge is 2.36. The van der Waals surface area contributed by atoms with Crippen molar-refractivity contribution in [1.82, 2.24) is 4.90 Å². The van der Waals surface area contributed by atoms with Crippen molar-refractivity contribution in [3.8, 4) is 11.5 Å². The minimum Gasteiger partial charge on any atom is -0.493 e. The van der Waals surface area contributed by atoms with E-state index in [1.807, 2.05) is 32.0 Å². The Morgan fingerprint density at radius 2 is 1.73 bits per heavy atom. The minimum atomic E-state index is -0.503. The third-order valence-electron chi connectivity index (χ3n) is 4.63. The zero-order chi connectivity index (χ0) is 21.8. The van der Waals surface area contributed by atoms with Gasteiger partial charge in [0.2, 0.25) is 5.91 Å². The summed E-state index contributed by atoms with van der Waals surface area (Å²) in [5.74, 6) is 0.142. The number of amides is 3. The summed E-state index contributed by atoms with van der Waals surface area (Å²) in [5, 5.41) is 2.31. The maximum Gasteiger partial charge on any atom is 0.294 e. The number of aryl methyl sites for hydroxylation is 2. The predicted octanol–water partition coefficient (Wildman–Crippen LogP) is 4.00. The topological polar surface area (TPSA) is 84.9 Å². The Labute approximate surface area is 179 Å². The molecule has 0 bridgehead atoms. The second-order valence-electron chi connectivity index (χ2n) is 6.70. The maximum atomic E-state index is 12.7. The Kier molecular flexibility index (Phi) is 6.47. The van der Waals surface area contributed by atoms with Crippen molar-refractivity contribution in [2.45, 2.75) is 13.8 Å². The summed E-state index contributed by atoms with van der Waals surface area (Å²) < 4.78 is 10.5. The highest BCUT2D eigenvalue weighted by Crippen LogP contribution is 2.34. The molecule has 30 heavy (non-hydrogen) atoms. The summed E-state index contributed by atoms with van der Waals surface area (Å²) in [6.07, 6.45) is 1.59. The molecule has 3 rings (SSSR count). The molecule has 7 nitrogen and oxygen atoms in total. The fourth-order valence-electron chi connectivity index (χ4n) is 3.06. The Balaban J connectivity index is 1.75. The third kappa shape index (κ3) is 4.49. The van der Waals surface area contributed by atoms with Gasteiger partial charge < -0.3 is 14.8 Å². The smallest absolute Gasteiger partial charge is 0.294 e. The summed E-state index contributed by atoms with van der Waals surface area (Å²) in [6, 6.07) is 10.8. The van der Waals surface area contributed by atoms with Crippen molar-refractivity contribution in [1.29, 1.82) is 0 Å². The molecule has 1 aliphatic rings. The number of anilines is 1. The third-order valence-corrected chi connectivity index (χ3v) is 5.53. The zero-order valence-electron chi connectivity index (χ0n) is 17.1.